The van der Waals surface area contributed by atoms with Crippen LogP contribution in [0.4, 0.5) is 11.5 Å². The number of fused-ring (bicyclic) bond motifs is 2. The number of ether oxygens (including phenoxy) is 2. The van der Waals surface area contributed by atoms with E-state index in [1.165, 1.54) is 6.33 Å². The number of nitrogens with two attached hydrogens (primary N) is 2. The summed E-state index contributed by atoms with van der Waals surface area (Å²) in [5.74, 6) is 0.178. The highest BCUT2D eigenvalue weighted by atomic mass is 16.5. The molecule has 6 aromatic rings. The highest BCUT2D eigenvalue weighted by Gasteiger charge is 2.25. The minimum Gasteiger partial charge on any atom is -0.550 e. The monoisotopic (exact) mass is 648 g/mol. The number of nitrogens with zero attached hydrogens (tertiary/aromatic N) is 4. The van der Waals surface area contributed by atoms with Crippen LogP contribution in [-0.2, 0) is 11.4 Å². The minimum atomic E-state index is -1.08. The molecule has 48 heavy (non-hydrogen) atoms. The molecule has 0 bridgehead atoms. The molecule has 0 saturated carbocycles. The van der Waals surface area contributed by atoms with Gasteiger partial charge in [0, 0.05) is 35.3 Å². The second-order valence-corrected chi connectivity index (χ2v) is 11.4. The molecule has 0 aliphatic carbocycles. The summed E-state index contributed by atoms with van der Waals surface area (Å²) in [6, 6.07) is 23.3. The van der Waals surface area contributed by atoms with Gasteiger partial charge in [0.25, 0.3) is 5.91 Å². The first-order valence-corrected chi connectivity index (χ1v) is 15.6. The lowest BCUT2D eigenvalue weighted by molar-refractivity contribution is -0.664. The van der Waals surface area contributed by atoms with Gasteiger partial charge < -0.3 is 40.7 Å². The molecule has 1 aliphatic rings. The number of anilines is 2. The van der Waals surface area contributed by atoms with Gasteiger partial charge in [0.2, 0.25) is 0 Å². The first-order valence-electron chi connectivity index (χ1n) is 15.6. The van der Waals surface area contributed by atoms with Gasteiger partial charge in [-0.15, -0.1) is 0 Å². The molecule has 13 heteroatoms. The van der Waals surface area contributed by atoms with Gasteiger partial charge in [-0.1, -0.05) is 42.5 Å². The second kappa shape index (κ2) is 14.2. The summed E-state index contributed by atoms with van der Waals surface area (Å²) in [6.45, 7) is 3.49. The standard InChI is InChI=1S/C33H32N8O3.C2H4O2/c1-43-28-16-21(30-29-31(34)36-19-37-32(29)41(40-30)22-12-14-35-15-13-22)10-11-25(28)39-33(42)26-17-23-24(38-26)8-5-9-27(23)44-18-20-6-3-2-4-7-20;1-2(3)4/h2-11,16-17,19,22,35,38H,12-15,18H2,1H3,(H,39,42)(H2,34,36,37);1H3,(H,3,4). The maximum atomic E-state index is 13.4. The maximum Gasteiger partial charge on any atom is 0.272 e. The number of benzene rings is 3. The van der Waals surface area contributed by atoms with Crippen LogP contribution in [0.25, 0.3) is 33.2 Å². The molecular formula is C35H36N8O5. The van der Waals surface area contributed by atoms with E-state index in [1.807, 2.05) is 71.4 Å². The molecule has 246 valence electrons. The fraction of sp³-hybridized carbons (Fsp3) is 0.229. The van der Waals surface area contributed by atoms with Gasteiger partial charge in [-0.25, -0.2) is 14.6 Å². The van der Waals surface area contributed by atoms with Crippen LogP contribution in [0.5, 0.6) is 11.5 Å². The van der Waals surface area contributed by atoms with Crippen LogP contribution in [0, 0.1) is 0 Å². The maximum absolute atomic E-state index is 13.4. The number of rotatable bonds is 8. The van der Waals surface area contributed by atoms with Crippen LogP contribution in [0.2, 0.25) is 0 Å². The van der Waals surface area contributed by atoms with Crippen molar-refractivity contribution >= 4 is 45.3 Å². The Labute approximate surface area is 276 Å². The van der Waals surface area contributed by atoms with Crippen LogP contribution in [0.1, 0.15) is 41.9 Å². The van der Waals surface area contributed by atoms with Crippen molar-refractivity contribution in [1.82, 2.24) is 24.7 Å². The van der Waals surface area contributed by atoms with E-state index >= 15 is 0 Å². The summed E-state index contributed by atoms with van der Waals surface area (Å²) < 4.78 is 13.8. The summed E-state index contributed by atoms with van der Waals surface area (Å²) in [5.41, 5.74) is 11.3. The number of amides is 1. The number of carboxylic acid groups (broad SMARTS) is 1. The Morgan fingerprint density at radius 3 is 2.56 bits per heavy atom. The van der Waals surface area contributed by atoms with E-state index in [2.05, 4.69) is 25.6 Å². The van der Waals surface area contributed by atoms with Crippen molar-refractivity contribution in [1.29, 1.82) is 0 Å². The van der Waals surface area contributed by atoms with Crippen LogP contribution >= 0.6 is 0 Å². The van der Waals surface area contributed by atoms with E-state index in [4.69, 9.17) is 30.2 Å². The molecule has 0 radical (unpaired) electrons. The average Bonchev–Trinajstić information content (AvgIpc) is 3.72. The number of methoxy groups -OCH3 is 1. The van der Waals surface area contributed by atoms with Crippen molar-refractivity contribution in [3.8, 4) is 22.8 Å². The first-order chi connectivity index (χ1) is 23.3. The predicted octanol–water partition coefficient (Wildman–Crippen LogP) is 3.05. The fourth-order valence-corrected chi connectivity index (χ4v) is 5.85. The van der Waals surface area contributed by atoms with E-state index in [1.54, 1.807) is 13.2 Å². The molecule has 3 aromatic carbocycles. The number of hydrogen-bond donors (Lipinski definition) is 4. The van der Waals surface area contributed by atoms with Gasteiger partial charge in [0.1, 0.15) is 41.6 Å². The third-order valence-corrected chi connectivity index (χ3v) is 8.10. The molecule has 1 amide bonds. The SMILES string of the molecule is CC(=O)[O-].COc1cc(-c2nn(C3CC[NH2+]CC3)c3ncnc(N)c23)ccc1NC(=O)c1cc2c(OCc3ccccc3)cccc2[nH]1. The molecule has 13 nitrogen and oxygen atoms in total. The molecule has 1 fully saturated rings. The predicted molar refractivity (Wildman–Crippen MR) is 179 cm³/mol. The average molecular weight is 649 g/mol. The quantitative estimate of drug-likeness (QED) is 0.192. The van der Waals surface area contributed by atoms with Gasteiger partial charge in [-0.2, -0.15) is 5.10 Å². The smallest absolute Gasteiger partial charge is 0.272 e. The number of carbonyl (C=O) groups excluding carboxylic acids is 2. The van der Waals surface area contributed by atoms with E-state index < -0.39 is 5.97 Å². The number of carboxylic acids is 1. The topological polar surface area (TPSA) is 190 Å². The molecular weight excluding hydrogens is 612 g/mol. The van der Waals surface area contributed by atoms with E-state index in [0.717, 1.165) is 60.5 Å². The number of piperidine rings is 1. The number of quaternary nitrogens is 1. The van der Waals surface area contributed by atoms with Gasteiger partial charge in [-0.3, -0.25) is 4.79 Å². The molecule has 1 saturated heterocycles. The molecule has 6 N–H and O–H groups in total. The summed E-state index contributed by atoms with van der Waals surface area (Å²) in [7, 11) is 1.57. The van der Waals surface area contributed by atoms with Gasteiger partial charge in [0.05, 0.1) is 37.3 Å². The number of H-pyrrole nitrogens is 1. The van der Waals surface area contributed by atoms with Crippen molar-refractivity contribution in [3.05, 3.63) is 90.4 Å². The lowest BCUT2D eigenvalue weighted by Crippen LogP contribution is -2.86. The molecule has 0 spiro atoms. The lowest BCUT2D eigenvalue weighted by Gasteiger charge is -2.21. The zero-order valence-corrected chi connectivity index (χ0v) is 26.6. The zero-order valence-electron chi connectivity index (χ0n) is 26.6. The Balaban J connectivity index is 0.000000952. The molecule has 0 unspecified atom stereocenters. The Morgan fingerprint density at radius 2 is 1.81 bits per heavy atom. The Kier molecular flexibility index (Phi) is 9.48. The Bertz CT molecular complexity index is 2060. The summed E-state index contributed by atoms with van der Waals surface area (Å²) >= 11 is 0. The molecule has 1 aliphatic heterocycles. The van der Waals surface area contributed by atoms with Crippen LogP contribution in [0.15, 0.2) is 79.1 Å². The first kappa shape index (κ1) is 32.0. The Morgan fingerprint density at radius 1 is 1.04 bits per heavy atom. The Hall–Kier alpha value is -5.95. The third kappa shape index (κ3) is 6.90. The van der Waals surface area contributed by atoms with Gasteiger partial charge in [-0.05, 0) is 42.8 Å². The van der Waals surface area contributed by atoms with Crippen molar-refractivity contribution in [2.24, 2.45) is 0 Å². The van der Waals surface area contributed by atoms with Crippen LogP contribution < -0.4 is 30.9 Å². The number of nitrogens with one attached hydrogen (secondary N) is 2. The number of nitrogen functional groups attached to an aromatic ring is 1. The number of aromatic nitrogens is 5. The summed E-state index contributed by atoms with van der Waals surface area (Å²) in [6.07, 6.45) is 3.49. The number of hydrogen-bond acceptors (Lipinski definition) is 9. The van der Waals surface area contributed by atoms with E-state index in [-0.39, 0.29) is 11.9 Å². The van der Waals surface area contributed by atoms with Crippen molar-refractivity contribution in [3.63, 3.8) is 0 Å². The van der Waals surface area contributed by atoms with Crippen LogP contribution in [-0.4, -0.2) is 56.8 Å². The highest BCUT2D eigenvalue weighted by Crippen LogP contribution is 2.37. The summed E-state index contributed by atoms with van der Waals surface area (Å²) in [4.78, 5) is 34.3. The largest absolute Gasteiger partial charge is 0.550 e. The number of aliphatic carboxylic acids is 1. The normalized spacial score (nSPS) is 13.1. The third-order valence-electron chi connectivity index (χ3n) is 8.10. The lowest BCUT2D eigenvalue weighted by atomic mass is 10.1. The highest BCUT2D eigenvalue weighted by molar-refractivity contribution is 6.07. The van der Waals surface area contributed by atoms with E-state index in [0.29, 0.717) is 46.4 Å². The molecule has 0 atom stereocenters. The van der Waals surface area contributed by atoms with Crippen LogP contribution in [0.3, 0.4) is 0 Å². The zero-order chi connectivity index (χ0) is 33.6. The number of aromatic amines is 1. The molecule has 3 aromatic heterocycles. The summed E-state index contributed by atoms with van der Waals surface area (Å²) in [5, 5.41) is 20.7. The minimum absolute atomic E-state index is 0.242. The van der Waals surface area contributed by atoms with Crippen molar-refractivity contribution in [2.75, 3.05) is 31.2 Å². The van der Waals surface area contributed by atoms with Gasteiger partial charge in [0.15, 0.2) is 5.65 Å². The molecule has 7 rings (SSSR count). The second-order valence-electron chi connectivity index (χ2n) is 11.4. The van der Waals surface area contributed by atoms with E-state index in [9.17, 15) is 4.79 Å². The number of carbonyl (C=O) groups is 2. The molecule has 4 heterocycles. The fourth-order valence-electron chi connectivity index (χ4n) is 5.85. The van der Waals surface area contributed by atoms with Crippen molar-refractivity contribution < 1.29 is 29.5 Å². The van der Waals surface area contributed by atoms with Crippen molar-refractivity contribution in [2.45, 2.75) is 32.4 Å². The van der Waals surface area contributed by atoms with Gasteiger partial charge >= 0.3 is 0 Å².